The van der Waals surface area contributed by atoms with E-state index in [1.807, 2.05) is 12.3 Å². The molecule has 0 radical (unpaired) electrons. The summed E-state index contributed by atoms with van der Waals surface area (Å²) in [5, 5.41) is 3.67. The van der Waals surface area contributed by atoms with Crippen LogP contribution in [-0.2, 0) is 6.54 Å². The average Bonchev–Trinajstić information content (AvgIpc) is 2.52. The van der Waals surface area contributed by atoms with Gasteiger partial charge in [0.1, 0.15) is 0 Å². The summed E-state index contributed by atoms with van der Waals surface area (Å²) in [6, 6.07) is 14.9. The molecule has 3 nitrogen and oxygen atoms in total. The molecule has 0 bridgehead atoms. The standard InChI is InChI=1S/C19H26N2O/c1-19(2,3)12-17(16-8-6-5-7-9-16)20-13-15-10-11-18(22-4)21-14-15/h5-11,14,17,20H,12-13H2,1-4H3. The van der Waals surface area contributed by atoms with E-state index in [4.69, 9.17) is 4.74 Å². The van der Waals surface area contributed by atoms with Crippen molar-refractivity contribution in [1.82, 2.24) is 10.3 Å². The zero-order valence-corrected chi connectivity index (χ0v) is 14.0. The van der Waals surface area contributed by atoms with E-state index in [0.717, 1.165) is 18.5 Å². The van der Waals surface area contributed by atoms with Gasteiger partial charge in [-0.05, 0) is 23.0 Å². The Balaban J connectivity index is 2.05. The Morgan fingerprint density at radius 2 is 1.82 bits per heavy atom. The minimum atomic E-state index is 0.270. The van der Waals surface area contributed by atoms with Gasteiger partial charge >= 0.3 is 0 Å². The molecule has 0 aliphatic carbocycles. The minimum Gasteiger partial charge on any atom is -0.481 e. The highest BCUT2D eigenvalue weighted by molar-refractivity contribution is 5.21. The zero-order chi connectivity index (χ0) is 16.0. The Labute approximate surface area is 133 Å². The number of methoxy groups -OCH3 is 1. The zero-order valence-electron chi connectivity index (χ0n) is 14.0. The maximum Gasteiger partial charge on any atom is 0.212 e. The van der Waals surface area contributed by atoms with Crippen LogP contribution in [0.15, 0.2) is 48.7 Å². The van der Waals surface area contributed by atoms with E-state index in [1.54, 1.807) is 7.11 Å². The van der Waals surface area contributed by atoms with E-state index < -0.39 is 0 Å². The summed E-state index contributed by atoms with van der Waals surface area (Å²) in [4.78, 5) is 4.26. The molecule has 2 rings (SSSR count). The monoisotopic (exact) mass is 298 g/mol. The summed E-state index contributed by atoms with van der Waals surface area (Å²) in [7, 11) is 1.63. The van der Waals surface area contributed by atoms with Crippen LogP contribution in [0.1, 0.15) is 44.4 Å². The van der Waals surface area contributed by atoms with Gasteiger partial charge in [-0.2, -0.15) is 0 Å². The van der Waals surface area contributed by atoms with E-state index in [2.05, 4.69) is 67.5 Å². The summed E-state index contributed by atoms with van der Waals surface area (Å²) in [6.45, 7) is 7.63. The van der Waals surface area contributed by atoms with Crippen molar-refractivity contribution in [2.75, 3.05) is 7.11 Å². The largest absolute Gasteiger partial charge is 0.481 e. The number of benzene rings is 1. The molecule has 1 N–H and O–H groups in total. The van der Waals surface area contributed by atoms with E-state index >= 15 is 0 Å². The molecule has 1 heterocycles. The van der Waals surface area contributed by atoms with Crippen molar-refractivity contribution in [1.29, 1.82) is 0 Å². The predicted molar refractivity (Wildman–Crippen MR) is 90.9 cm³/mol. The lowest BCUT2D eigenvalue weighted by molar-refractivity contribution is 0.310. The molecule has 118 valence electrons. The average molecular weight is 298 g/mol. The third kappa shape index (κ3) is 5.15. The number of nitrogens with zero attached hydrogens (tertiary/aromatic N) is 1. The Bertz CT molecular complexity index is 558. The van der Waals surface area contributed by atoms with Crippen LogP contribution < -0.4 is 10.1 Å². The molecule has 0 saturated heterocycles. The molecule has 0 aliphatic heterocycles. The van der Waals surface area contributed by atoms with E-state index in [-0.39, 0.29) is 5.41 Å². The number of rotatable bonds is 6. The highest BCUT2D eigenvalue weighted by Gasteiger charge is 2.19. The molecule has 0 saturated carbocycles. The van der Waals surface area contributed by atoms with E-state index in [0.29, 0.717) is 11.9 Å². The number of hydrogen-bond donors (Lipinski definition) is 1. The first-order valence-electron chi connectivity index (χ1n) is 7.75. The topological polar surface area (TPSA) is 34.1 Å². The maximum atomic E-state index is 5.10. The van der Waals surface area contributed by atoms with Gasteiger partial charge in [-0.3, -0.25) is 0 Å². The molecule has 3 heteroatoms. The lowest BCUT2D eigenvalue weighted by Crippen LogP contribution is -2.25. The van der Waals surface area contributed by atoms with Gasteiger partial charge in [0.25, 0.3) is 0 Å². The summed E-state index contributed by atoms with van der Waals surface area (Å²) in [5.41, 5.74) is 2.76. The van der Waals surface area contributed by atoms with Crippen LogP contribution in [0.5, 0.6) is 5.88 Å². The summed E-state index contributed by atoms with van der Waals surface area (Å²) in [6.07, 6.45) is 2.95. The third-order valence-corrected chi connectivity index (χ3v) is 3.58. The van der Waals surface area contributed by atoms with Crippen LogP contribution in [0.4, 0.5) is 0 Å². The van der Waals surface area contributed by atoms with Crippen molar-refractivity contribution in [3.63, 3.8) is 0 Å². The second-order valence-electron chi connectivity index (χ2n) is 6.82. The van der Waals surface area contributed by atoms with Crippen LogP contribution >= 0.6 is 0 Å². The molecule has 0 aliphatic rings. The molecule has 0 amide bonds. The van der Waals surface area contributed by atoms with E-state index in [1.165, 1.54) is 5.56 Å². The molecule has 1 atom stereocenters. The van der Waals surface area contributed by atoms with Gasteiger partial charge in [-0.1, -0.05) is 57.2 Å². The molecule has 1 aromatic carbocycles. The van der Waals surface area contributed by atoms with Crippen LogP contribution in [0, 0.1) is 5.41 Å². The third-order valence-electron chi connectivity index (χ3n) is 3.58. The Morgan fingerprint density at radius 3 is 2.36 bits per heavy atom. The Kier molecular flexibility index (Phi) is 5.56. The summed E-state index contributed by atoms with van der Waals surface area (Å²) < 4.78 is 5.10. The molecular weight excluding hydrogens is 272 g/mol. The molecule has 22 heavy (non-hydrogen) atoms. The van der Waals surface area contributed by atoms with Crippen LogP contribution in [-0.4, -0.2) is 12.1 Å². The van der Waals surface area contributed by atoms with Gasteiger partial charge in [0.15, 0.2) is 0 Å². The molecule has 1 aromatic heterocycles. The molecular formula is C19H26N2O. The van der Waals surface area contributed by atoms with Crippen molar-refractivity contribution in [3.05, 3.63) is 59.8 Å². The number of aromatic nitrogens is 1. The lowest BCUT2D eigenvalue weighted by atomic mass is 9.85. The lowest BCUT2D eigenvalue weighted by Gasteiger charge is -2.27. The van der Waals surface area contributed by atoms with Gasteiger partial charge in [-0.25, -0.2) is 4.98 Å². The van der Waals surface area contributed by atoms with Crippen LogP contribution in [0.25, 0.3) is 0 Å². The molecule has 0 fully saturated rings. The highest BCUT2D eigenvalue weighted by atomic mass is 16.5. The quantitative estimate of drug-likeness (QED) is 0.860. The van der Waals surface area contributed by atoms with Gasteiger partial charge in [0, 0.05) is 24.8 Å². The van der Waals surface area contributed by atoms with Gasteiger partial charge in [-0.15, -0.1) is 0 Å². The second-order valence-corrected chi connectivity index (χ2v) is 6.82. The minimum absolute atomic E-state index is 0.270. The second kappa shape index (κ2) is 7.41. The Hall–Kier alpha value is -1.87. The Morgan fingerprint density at radius 1 is 1.09 bits per heavy atom. The van der Waals surface area contributed by atoms with Crippen molar-refractivity contribution in [2.45, 2.75) is 39.8 Å². The predicted octanol–water partition coefficient (Wildman–Crippen LogP) is 4.36. The van der Waals surface area contributed by atoms with Crippen molar-refractivity contribution in [2.24, 2.45) is 5.41 Å². The fourth-order valence-electron chi connectivity index (χ4n) is 2.48. The molecule has 0 spiro atoms. The fourth-order valence-corrected chi connectivity index (χ4v) is 2.48. The van der Waals surface area contributed by atoms with Gasteiger partial charge in [0.05, 0.1) is 7.11 Å². The molecule has 1 unspecified atom stereocenters. The van der Waals surface area contributed by atoms with Crippen LogP contribution in [0.3, 0.4) is 0 Å². The van der Waals surface area contributed by atoms with E-state index in [9.17, 15) is 0 Å². The fraction of sp³-hybridized carbons (Fsp3) is 0.421. The molecule has 2 aromatic rings. The van der Waals surface area contributed by atoms with Crippen molar-refractivity contribution in [3.8, 4) is 5.88 Å². The van der Waals surface area contributed by atoms with Gasteiger partial charge < -0.3 is 10.1 Å². The highest BCUT2D eigenvalue weighted by Crippen LogP contribution is 2.29. The van der Waals surface area contributed by atoms with Crippen LogP contribution in [0.2, 0.25) is 0 Å². The summed E-state index contributed by atoms with van der Waals surface area (Å²) in [5.74, 6) is 0.651. The van der Waals surface area contributed by atoms with Gasteiger partial charge in [0.2, 0.25) is 5.88 Å². The smallest absolute Gasteiger partial charge is 0.212 e. The summed E-state index contributed by atoms with van der Waals surface area (Å²) >= 11 is 0. The number of hydrogen-bond acceptors (Lipinski definition) is 3. The normalized spacial score (nSPS) is 12.9. The van der Waals surface area contributed by atoms with Crippen molar-refractivity contribution >= 4 is 0 Å². The number of pyridine rings is 1. The first-order valence-corrected chi connectivity index (χ1v) is 7.75. The first kappa shape index (κ1) is 16.5. The number of nitrogens with one attached hydrogen (secondary N) is 1. The van der Waals surface area contributed by atoms with Crippen molar-refractivity contribution < 1.29 is 4.74 Å². The maximum absolute atomic E-state index is 5.10. The number of ether oxygens (including phenoxy) is 1. The first-order chi connectivity index (χ1) is 10.5. The SMILES string of the molecule is COc1ccc(CNC(CC(C)(C)C)c2ccccc2)cn1.